The van der Waals surface area contributed by atoms with E-state index in [4.69, 9.17) is 33.9 Å². The number of pyridine rings is 1. The zero-order chi connectivity index (χ0) is 26.5. The van der Waals surface area contributed by atoms with Gasteiger partial charge in [0.2, 0.25) is 5.95 Å². The molecule has 1 unspecified atom stereocenters. The predicted molar refractivity (Wildman–Crippen MR) is 165 cm³/mol. The van der Waals surface area contributed by atoms with Crippen LogP contribution in [0.15, 0.2) is 55.1 Å². The minimum atomic E-state index is -0.543. The Morgan fingerprint density at radius 1 is 1.02 bits per heavy atom. The number of nitrogens with one attached hydrogen (secondary N) is 1. The predicted octanol–water partition coefficient (Wildman–Crippen LogP) is 5.48. The number of nitrogens with zero attached hydrogens (tertiary/aromatic N) is 7. The third-order valence-corrected chi connectivity index (χ3v) is 6.14. The van der Waals surface area contributed by atoms with E-state index in [-0.39, 0.29) is 42.9 Å². The maximum atomic E-state index is 11.0. The van der Waals surface area contributed by atoms with Crippen molar-refractivity contribution in [1.29, 1.82) is 0 Å². The van der Waals surface area contributed by atoms with Gasteiger partial charge < -0.3 is 20.5 Å². The summed E-state index contributed by atoms with van der Waals surface area (Å²) in [6.45, 7) is 1.61. The second-order valence-corrected chi connectivity index (χ2v) is 9.39. The summed E-state index contributed by atoms with van der Waals surface area (Å²) in [6.07, 6.45) is 6.26. The molecule has 4 rings (SSSR count). The Morgan fingerprint density at radius 2 is 1.77 bits per heavy atom. The number of aromatic amines is 1. The first-order chi connectivity index (χ1) is 17.7. The molecule has 11 nitrogen and oxygen atoms in total. The van der Waals surface area contributed by atoms with Gasteiger partial charge in [0, 0.05) is 54.9 Å². The van der Waals surface area contributed by atoms with Crippen LogP contribution in [-0.4, -0.2) is 68.5 Å². The highest BCUT2D eigenvalue weighted by atomic mass is 35.5. The first-order valence-corrected chi connectivity index (χ1v) is 12.1. The highest BCUT2D eigenvalue weighted by Gasteiger charge is 2.21. The number of nitrogens with two attached hydrogens (primary N) is 1. The van der Waals surface area contributed by atoms with E-state index in [0.29, 0.717) is 64.0 Å². The topological polar surface area (TPSA) is 143 Å². The summed E-state index contributed by atoms with van der Waals surface area (Å²) < 4.78 is 0. The second kappa shape index (κ2) is 15.9. The molecule has 3 aromatic heterocycles. The van der Waals surface area contributed by atoms with E-state index in [1.54, 1.807) is 42.9 Å². The van der Waals surface area contributed by atoms with Crippen LogP contribution in [0.2, 0.25) is 10.0 Å². The van der Waals surface area contributed by atoms with Gasteiger partial charge in [-0.1, -0.05) is 23.2 Å². The summed E-state index contributed by atoms with van der Waals surface area (Å²) in [4.78, 5) is 35.6. The molecule has 40 heavy (non-hydrogen) atoms. The van der Waals surface area contributed by atoms with Crippen LogP contribution in [0.3, 0.4) is 0 Å². The molecule has 0 aliphatic rings. The molecular weight excluding hydrogens is 624 g/mol. The molecule has 4 aromatic rings. The van der Waals surface area contributed by atoms with Crippen molar-refractivity contribution in [3.8, 4) is 22.6 Å². The van der Waals surface area contributed by atoms with Gasteiger partial charge in [-0.2, -0.15) is 0 Å². The molecule has 3 heterocycles. The van der Waals surface area contributed by atoms with Crippen molar-refractivity contribution < 1.29 is 4.92 Å². The van der Waals surface area contributed by atoms with Gasteiger partial charge in [-0.25, -0.2) is 15.0 Å². The lowest BCUT2D eigenvalue weighted by Crippen LogP contribution is -2.38. The van der Waals surface area contributed by atoms with Crippen LogP contribution in [-0.2, 0) is 0 Å². The van der Waals surface area contributed by atoms with Crippen LogP contribution in [0.4, 0.5) is 11.6 Å². The van der Waals surface area contributed by atoms with Crippen molar-refractivity contribution >= 4 is 72.1 Å². The number of anilines is 1. The van der Waals surface area contributed by atoms with E-state index < -0.39 is 11.0 Å². The molecule has 216 valence electrons. The fraction of sp³-hybridized carbons (Fsp3) is 0.250. The van der Waals surface area contributed by atoms with E-state index in [2.05, 4.69) is 19.9 Å². The van der Waals surface area contributed by atoms with Crippen molar-refractivity contribution in [1.82, 2.24) is 29.8 Å². The summed E-state index contributed by atoms with van der Waals surface area (Å²) >= 11 is 12.7. The first-order valence-electron chi connectivity index (χ1n) is 11.3. The van der Waals surface area contributed by atoms with E-state index >= 15 is 0 Å². The molecular formula is C24H28Cl5N9O2. The number of rotatable bonds is 10. The zero-order valence-electron chi connectivity index (χ0n) is 21.4. The van der Waals surface area contributed by atoms with Crippen molar-refractivity contribution in [2.45, 2.75) is 6.04 Å². The van der Waals surface area contributed by atoms with E-state index in [1.165, 1.54) is 12.3 Å². The molecule has 0 bridgehead atoms. The van der Waals surface area contributed by atoms with Gasteiger partial charge in [0.15, 0.2) is 0 Å². The number of imidazole rings is 1. The SMILES string of the molecule is CN(C)CCN(CC(N)c1ccc([N+](=O)[O-])cn1)c1ncc(-c2ncc[nH]2)c(-c2ccc(Cl)cc2Cl)n1.Cl.Cl.Cl. The number of hydrogen-bond acceptors (Lipinski definition) is 9. The molecule has 0 amide bonds. The lowest BCUT2D eigenvalue weighted by Gasteiger charge is -2.27. The van der Waals surface area contributed by atoms with Gasteiger partial charge in [0.1, 0.15) is 12.0 Å². The Balaban J connectivity index is 0.00000267. The van der Waals surface area contributed by atoms with Crippen LogP contribution >= 0.6 is 60.4 Å². The lowest BCUT2D eigenvalue weighted by molar-refractivity contribution is -0.385. The maximum absolute atomic E-state index is 11.0. The number of hydrogen-bond donors (Lipinski definition) is 2. The molecule has 1 atom stereocenters. The zero-order valence-corrected chi connectivity index (χ0v) is 25.4. The quantitative estimate of drug-likeness (QED) is 0.168. The summed E-state index contributed by atoms with van der Waals surface area (Å²) in [5, 5.41) is 11.9. The highest BCUT2D eigenvalue weighted by Crippen LogP contribution is 2.35. The Labute approximate surface area is 259 Å². The molecule has 0 aliphatic heterocycles. The third-order valence-electron chi connectivity index (χ3n) is 5.59. The molecule has 3 N–H and O–H groups in total. The number of benzene rings is 1. The minimum Gasteiger partial charge on any atom is -0.345 e. The van der Waals surface area contributed by atoms with Gasteiger partial charge in [0.25, 0.3) is 5.69 Å². The van der Waals surface area contributed by atoms with Gasteiger partial charge in [-0.05, 0) is 38.4 Å². The molecule has 0 fully saturated rings. The van der Waals surface area contributed by atoms with Gasteiger partial charge in [0.05, 0.1) is 32.9 Å². The number of halogens is 5. The summed E-state index contributed by atoms with van der Waals surface area (Å²) in [7, 11) is 3.94. The number of H-pyrrole nitrogens is 1. The Kier molecular flexibility index (Phi) is 14.0. The molecule has 0 radical (unpaired) electrons. The molecule has 0 saturated carbocycles. The standard InChI is InChI=1S/C24H25Cl2N9O2.3ClH/c1-33(2)9-10-34(14-20(27)21-6-4-16(12-30-21)35(36)37)24-31-13-18(23-28-7-8-29-23)22(32-24)17-5-3-15(25)11-19(17)26;;;/h3-8,11-13,20H,9-10,14,27H2,1-2H3,(H,28,29);3*1H. The van der Waals surface area contributed by atoms with Crippen LogP contribution in [0.1, 0.15) is 11.7 Å². The van der Waals surface area contributed by atoms with E-state index in [9.17, 15) is 10.1 Å². The summed E-state index contributed by atoms with van der Waals surface area (Å²) in [5.41, 5.74) is 8.83. The highest BCUT2D eigenvalue weighted by molar-refractivity contribution is 6.36. The van der Waals surface area contributed by atoms with Crippen LogP contribution in [0.5, 0.6) is 0 Å². The Morgan fingerprint density at radius 3 is 2.35 bits per heavy atom. The van der Waals surface area contributed by atoms with Gasteiger partial charge in [-0.15, -0.1) is 37.2 Å². The van der Waals surface area contributed by atoms with Gasteiger partial charge >= 0.3 is 0 Å². The van der Waals surface area contributed by atoms with E-state index in [1.807, 2.05) is 23.9 Å². The fourth-order valence-corrected chi connectivity index (χ4v) is 4.15. The molecule has 16 heteroatoms. The summed E-state index contributed by atoms with van der Waals surface area (Å²) in [5.74, 6) is 1.04. The Bertz CT molecular complexity index is 1380. The molecule has 0 aliphatic carbocycles. The fourth-order valence-electron chi connectivity index (χ4n) is 3.65. The number of nitro groups is 1. The molecule has 0 spiro atoms. The smallest absolute Gasteiger partial charge is 0.287 e. The third kappa shape index (κ3) is 8.61. The van der Waals surface area contributed by atoms with Crippen LogP contribution < -0.4 is 10.6 Å². The molecule has 1 aromatic carbocycles. The van der Waals surface area contributed by atoms with Crippen molar-refractivity contribution in [3.63, 3.8) is 0 Å². The Hall–Kier alpha value is -2.77. The molecule has 0 saturated heterocycles. The van der Waals surface area contributed by atoms with Crippen molar-refractivity contribution in [3.05, 3.63) is 81.0 Å². The maximum Gasteiger partial charge on any atom is 0.287 e. The van der Waals surface area contributed by atoms with Crippen molar-refractivity contribution in [2.75, 3.05) is 38.6 Å². The normalized spacial score (nSPS) is 11.2. The largest absolute Gasteiger partial charge is 0.345 e. The average Bonchev–Trinajstić information content (AvgIpc) is 3.41. The summed E-state index contributed by atoms with van der Waals surface area (Å²) in [6, 6.07) is 7.62. The number of likely N-dealkylation sites (N-methyl/N-ethyl adjacent to an activating group) is 1. The number of aromatic nitrogens is 5. The van der Waals surface area contributed by atoms with Crippen LogP contribution in [0.25, 0.3) is 22.6 Å². The van der Waals surface area contributed by atoms with Crippen molar-refractivity contribution in [2.24, 2.45) is 5.73 Å². The lowest BCUT2D eigenvalue weighted by atomic mass is 10.1. The first kappa shape index (κ1) is 35.3. The minimum absolute atomic E-state index is 0. The van der Waals surface area contributed by atoms with Gasteiger partial charge in [-0.3, -0.25) is 15.1 Å². The van der Waals surface area contributed by atoms with Crippen LogP contribution in [0, 0.1) is 10.1 Å². The van der Waals surface area contributed by atoms with E-state index in [0.717, 1.165) is 0 Å². The monoisotopic (exact) mass is 649 g/mol. The average molecular weight is 652 g/mol. The second-order valence-electron chi connectivity index (χ2n) is 8.55.